The normalized spacial score (nSPS) is 11.4. The molecule has 0 aromatic heterocycles. The summed E-state index contributed by atoms with van der Waals surface area (Å²) in [5, 5.41) is 3.85. The molecule has 0 atom stereocenters. The van der Waals surface area contributed by atoms with Crippen LogP contribution in [0.25, 0.3) is 0 Å². The predicted molar refractivity (Wildman–Crippen MR) is 73.1 cm³/mol. The molecule has 4 heteroatoms. The Bertz CT molecular complexity index is 596. The SMILES string of the molecule is Cc1ccccc1/C(N)=N/OCc1cccc(F)c1. The van der Waals surface area contributed by atoms with E-state index in [0.29, 0.717) is 11.4 Å². The van der Waals surface area contributed by atoms with Crippen molar-refractivity contribution in [3.8, 4) is 0 Å². The van der Waals surface area contributed by atoms with E-state index in [2.05, 4.69) is 5.16 Å². The molecule has 0 amide bonds. The summed E-state index contributed by atoms with van der Waals surface area (Å²) >= 11 is 0. The molecule has 0 saturated carbocycles. The lowest BCUT2D eigenvalue weighted by atomic mass is 10.1. The van der Waals surface area contributed by atoms with Crippen molar-refractivity contribution in [2.75, 3.05) is 0 Å². The van der Waals surface area contributed by atoms with Gasteiger partial charge in [-0.1, -0.05) is 41.6 Å². The molecule has 19 heavy (non-hydrogen) atoms. The van der Waals surface area contributed by atoms with Gasteiger partial charge < -0.3 is 10.6 Å². The third kappa shape index (κ3) is 3.55. The van der Waals surface area contributed by atoms with E-state index in [1.807, 2.05) is 31.2 Å². The quantitative estimate of drug-likeness (QED) is 0.520. The summed E-state index contributed by atoms with van der Waals surface area (Å²) in [6.07, 6.45) is 0. The van der Waals surface area contributed by atoms with Gasteiger partial charge >= 0.3 is 0 Å². The maximum absolute atomic E-state index is 13.0. The fourth-order valence-electron chi connectivity index (χ4n) is 1.71. The molecular formula is C15H15FN2O. The van der Waals surface area contributed by atoms with Crippen LogP contribution in [-0.4, -0.2) is 5.84 Å². The number of hydrogen-bond acceptors (Lipinski definition) is 2. The van der Waals surface area contributed by atoms with E-state index in [1.54, 1.807) is 12.1 Å². The van der Waals surface area contributed by atoms with E-state index in [1.165, 1.54) is 12.1 Å². The number of benzene rings is 2. The summed E-state index contributed by atoms with van der Waals surface area (Å²) in [6.45, 7) is 2.13. The lowest BCUT2D eigenvalue weighted by Crippen LogP contribution is -2.15. The van der Waals surface area contributed by atoms with Gasteiger partial charge in [-0.3, -0.25) is 0 Å². The van der Waals surface area contributed by atoms with Crippen molar-refractivity contribution in [2.24, 2.45) is 10.9 Å². The molecule has 0 heterocycles. The Morgan fingerprint density at radius 1 is 1.21 bits per heavy atom. The number of nitrogens with two attached hydrogens (primary N) is 1. The summed E-state index contributed by atoms with van der Waals surface area (Å²) in [5.74, 6) is 0.0199. The van der Waals surface area contributed by atoms with Crippen LogP contribution >= 0.6 is 0 Å². The van der Waals surface area contributed by atoms with Crippen molar-refractivity contribution in [3.05, 3.63) is 71.0 Å². The highest BCUT2D eigenvalue weighted by Crippen LogP contribution is 2.08. The first kappa shape index (κ1) is 13.1. The van der Waals surface area contributed by atoms with Gasteiger partial charge in [0.15, 0.2) is 5.84 Å². The second-order valence-corrected chi connectivity index (χ2v) is 4.19. The van der Waals surface area contributed by atoms with Gasteiger partial charge in [0.1, 0.15) is 12.4 Å². The van der Waals surface area contributed by atoms with Gasteiger partial charge in [-0.25, -0.2) is 4.39 Å². The Morgan fingerprint density at radius 2 is 2.00 bits per heavy atom. The second-order valence-electron chi connectivity index (χ2n) is 4.19. The van der Waals surface area contributed by atoms with Crippen molar-refractivity contribution in [2.45, 2.75) is 13.5 Å². The minimum absolute atomic E-state index is 0.185. The van der Waals surface area contributed by atoms with Crippen LogP contribution in [0.1, 0.15) is 16.7 Å². The van der Waals surface area contributed by atoms with Gasteiger partial charge in [0.2, 0.25) is 0 Å². The molecule has 0 radical (unpaired) electrons. The van der Waals surface area contributed by atoms with Crippen molar-refractivity contribution in [1.82, 2.24) is 0 Å². The molecule has 2 aromatic rings. The third-order valence-corrected chi connectivity index (χ3v) is 2.70. The summed E-state index contributed by atoms with van der Waals surface area (Å²) in [6, 6.07) is 13.8. The van der Waals surface area contributed by atoms with Crippen LogP contribution in [0.3, 0.4) is 0 Å². The highest BCUT2D eigenvalue weighted by atomic mass is 19.1. The maximum Gasteiger partial charge on any atom is 0.170 e. The molecule has 98 valence electrons. The van der Waals surface area contributed by atoms with E-state index in [-0.39, 0.29) is 12.4 Å². The molecule has 2 aromatic carbocycles. The fourth-order valence-corrected chi connectivity index (χ4v) is 1.71. The van der Waals surface area contributed by atoms with Crippen molar-refractivity contribution in [1.29, 1.82) is 0 Å². The monoisotopic (exact) mass is 258 g/mol. The minimum atomic E-state index is -0.294. The first-order valence-electron chi connectivity index (χ1n) is 5.92. The van der Waals surface area contributed by atoms with E-state index < -0.39 is 0 Å². The van der Waals surface area contributed by atoms with E-state index >= 15 is 0 Å². The molecule has 0 aliphatic heterocycles. The molecule has 0 saturated heterocycles. The van der Waals surface area contributed by atoms with Crippen LogP contribution < -0.4 is 5.73 Å². The van der Waals surface area contributed by atoms with Gasteiger partial charge in [0.25, 0.3) is 0 Å². The van der Waals surface area contributed by atoms with Gasteiger partial charge in [-0.05, 0) is 30.2 Å². The minimum Gasteiger partial charge on any atom is -0.389 e. The number of rotatable bonds is 4. The lowest BCUT2D eigenvalue weighted by molar-refractivity contribution is 0.130. The van der Waals surface area contributed by atoms with Crippen molar-refractivity contribution >= 4 is 5.84 Å². The number of amidine groups is 1. The zero-order chi connectivity index (χ0) is 13.7. The first-order valence-corrected chi connectivity index (χ1v) is 5.92. The fraction of sp³-hybridized carbons (Fsp3) is 0.133. The van der Waals surface area contributed by atoms with Crippen LogP contribution in [0.2, 0.25) is 0 Å². The van der Waals surface area contributed by atoms with Crippen LogP contribution in [0.15, 0.2) is 53.7 Å². The summed E-state index contributed by atoms with van der Waals surface area (Å²) in [4.78, 5) is 5.14. The molecule has 0 fully saturated rings. The Hall–Kier alpha value is -2.36. The highest BCUT2D eigenvalue weighted by Gasteiger charge is 2.02. The second kappa shape index (κ2) is 6.00. The van der Waals surface area contributed by atoms with Gasteiger partial charge in [-0.2, -0.15) is 0 Å². The molecule has 0 spiro atoms. The summed E-state index contributed by atoms with van der Waals surface area (Å²) in [5.41, 5.74) is 8.41. The zero-order valence-electron chi connectivity index (χ0n) is 10.6. The number of oxime groups is 1. The molecule has 3 nitrogen and oxygen atoms in total. The van der Waals surface area contributed by atoms with Gasteiger partial charge in [-0.15, -0.1) is 0 Å². The third-order valence-electron chi connectivity index (χ3n) is 2.70. The van der Waals surface area contributed by atoms with Crippen molar-refractivity contribution in [3.63, 3.8) is 0 Å². The molecule has 0 aliphatic rings. The summed E-state index contributed by atoms with van der Waals surface area (Å²) in [7, 11) is 0. The van der Waals surface area contributed by atoms with Crippen LogP contribution in [0, 0.1) is 12.7 Å². The smallest absolute Gasteiger partial charge is 0.170 e. The topological polar surface area (TPSA) is 47.6 Å². The molecule has 0 aliphatic carbocycles. The van der Waals surface area contributed by atoms with Crippen LogP contribution in [0.4, 0.5) is 4.39 Å². The molecule has 2 N–H and O–H groups in total. The number of aryl methyl sites for hydroxylation is 1. The van der Waals surface area contributed by atoms with Gasteiger partial charge in [0, 0.05) is 5.56 Å². The average molecular weight is 258 g/mol. The molecule has 2 rings (SSSR count). The Morgan fingerprint density at radius 3 is 2.74 bits per heavy atom. The molecule has 0 bridgehead atoms. The van der Waals surface area contributed by atoms with Gasteiger partial charge in [0.05, 0.1) is 0 Å². The number of halogens is 1. The Kier molecular flexibility index (Phi) is 4.13. The van der Waals surface area contributed by atoms with E-state index in [0.717, 1.165) is 11.1 Å². The Balaban J connectivity index is 2.01. The highest BCUT2D eigenvalue weighted by molar-refractivity contribution is 5.98. The zero-order valence-corrected chi connectivity index (χ0v) is 10.6. The lowest BCUT2D eigenvalue weighted by Gasteiger charge is -2.05. The standard InChI is InChI=1S/C15H15FN2O/c1-11-5-2-3-8-14(11)15(17)18-19-10-12-6-4-7-13(16)9-12/h2-9H,10H2,1H3,(H2,17,18). The first-order chi connectivity index (χ1) is 9.16. The van der Waals surface area contributed by atoms with Crippen LogP contribution in [-0.2, 0) is 11.4 Å². The van der Waals surface area contributed by atoms with E-state index in [9.17, 15) is 4.39 Å². The Labute approximate surface area is 111 Å². The molecule has 0 unspecified atom stereocenters. The summed E-state index contributed by atoms with van der Waals surface area (Å²) < 4.78 is 13.0. The number of nitrogens with zero attached hydrogens (tertiary/aromatic N) is 1. The molecular weight excluding hydrogens is 243 g/mol. The maximum atomic E-state index is 13.0. The predicted octanol–water partition coefficient (Wildman–Crippen LogP) is 2.97. The van der Waals surface area contributed by atoms with Crippen LogP contribution in [0.5, 0.6) is 0 Å². The largest absolute Gasteiger partial charge is 0.389 e. The van der Waals surface area contributed by atoms with E-state index in [4.69, 9.17) is 10.6 Å². The average Bonchev–Trinajstić information content (AvgIpc) is 2.39. The van der Waals surface area contributed by atoms with Crippen molar-refractivity contribution < 1.29 is 9.23 Å². The number of hydrogen-bond donors (Lipinski definition) is 1.